The molecule has 0 saturated carbocycles. The molecule has 0 atom stereocenters. The Morgan fingerprint density at radius 1 is 1.71 bits per heavy atom. The number of primary amides is 1. The van der Waals surface area contributed by atoms with Gasteiger partial charge in [0.2, 0.25) is 0 Å². The van der Waals surface area contributed by atoms with E-state index in [0.717, 1.165) is 6.26 Å². The first-order valence-electron chi connectivity index (χ1n) is 4.33. The summed E-state index contributed by atoms with van der Waals surface area (Å²) in [5, 5.41) is 8.76. The van der Waals surface area contributed by atoms with Gasteiger partial charge in [0.25, 0.3) is 0 Å². The molecular formula is C8H9InN4O3S. The van der Waals surface area contributed by atoms with Crippen LogP contribution in [0, 0.1) is 11.5 Å². The summed E-state index contributed by atoms with van der Waals surface area (Å²) in [6, 6.07) is 0. The van der Waals surface area contributed by atoms with Crippen molar-refractivity contribution in [2.75, 3.05) is 6.26 Å². The topological polar surface area (TPSA) is 116 Å². The van der Waals surface area contributed by atoms with E-state index in [9.17, 15) is 13.2 Å². The summed E-state index contributed by atoms with van der Waals surface area (Å²) >= 11 is -1.76. The molecule has 0 radical (unpaired) electrons. The number of amides is 1. The van der Waals surface area contributed by atoms with Crippen LogP contribution in [-0.2, 0) is 14.8 Å². The van der Waals surface area contributed by atoms with Gasteiger partial charge in [-0.2, -0.15) is 0 Å². The Hall–Kier alpha value is -1.27. The Morgan fingerprint density at radius 3 is 2.71 bits per heavy atom. The normalized spacial score (nSPS) is 14.2. The van der Waals surface area contributed by atoms with Crippen LogP contribution in [0.15, 0.2) is 24.0 Å². The fraction of sp³-hybridized carbons (Fsp3) is 0.125. The SMILES string of the molecule is C=C(C(N)=O)[C]1=[In][N](C#N)C=C1NS(C)(=O)=O. The molecule has 1 aliphatic rings. The van der Waals surface area contributed by atoms with Gasteiger partial charge in [-0.25, -0.2) is 0 Å². The van der Waals surface area contributed by atoms with Gasteiger partial charge in [0, 0.05) is 0 Å². The third-order valence-electron chi connectivity index (χ3n) is 1.86. The predicted molar refractivity (Wildman–Crippen MR) is 62.6 cm³/mol. The fourth-order valence-corrected chi connectivity index (χ4v) is 5.29. The Balaban J connectivity index is 3.12. The van der Waals surface area contributed by atoms with Crippen LogP contribution in [0.3, 0.4) is 0 Å². The quantitative estimate of drug-likeness (QED) is 0.447. The number of carbonyl (C=O) groups excluding carboxylic acids is 1. The van der Waals surface area contributed by atoms with Crippen molar-refractivity contribution < 1.29 is 13.2 Å². The van der Waals surface area contributed by atoms with Crippen molar-refractivity contribution in [1.29, 1.82) is 5.26 Å². The summed E-state index contributed by atoms with van der Waals surface area (Å²) in [6.45, 7) is 3.51. The molecule has 0 aliphatic carbocycles. The number of sulfonamides is 1. The van der Waals surface area contributed by atoms with Crippen molar-refractivity contribution >= 4 is 41.9 Å². The number of nitrogens with one attached hydrogen (secondary N) is 1. The first kappa shape index (κ1) is 13.8. The monoisotopic (exact) mass is 356 g/mol. The molecule has 0 bridgehead atoms. The fourth-order valence-electron chi connectivity index (χ4n) is 1.17. The predicted octanol–water partition coefficient (Wildman–Crippen LogP) is -1.99. The second kappa shape index (κ2) is 4.93. The van der Waals surface area contributed by atoms with E-state index in [1.165, 1.54) is 9.09 Å². The zero-order chi connectivity index (χ0) is 13.2. The first-order chi connectivity index (χ1) is 7.74. The van der Waals surface area contributed by atoms with E-state index < -0.39 is 38.6 Å². The van der Waals surface area contributed by atoms with Gasteiger partial charge < -0.3 is 0 Å². The summed E-state index contributed by atoms with van der Waals surface area (Å²) in [7, 11) is -3.47. The molecule has 0 aromatic carbocycles. The van der Waals surface area contributed by atoms with Crippen LogP contribution >= 0.6 is 0 Å². The molecular weight excluding hydrogens is 347 g/mol. The molecule has 7 nitrogen and oxygen atoms in total. The van der Waals surface area contributed by atoms with E-state index in [0.29, 0.717) is 3.26 Å². The van der Waals surface area contributed by atoms with Gasteiger partial charge in [-0.1, -0.05) is 0 Å². The molecule has 0 aromatic heterocycles. The van der Waals surface area contributed by atoms with E-state index in [2.05, 4.69) is 11.3 Å². The molecule has 0 fully saturated rings. The summed E-state index contributed by atoms with van der Waals surface area (Å²) in [5.41, 5.74) is 5.38. The molecule has 1 heterocycles. The van der Waals surface area contributed by atoms with E-state index >= 15 is 0 Å². The summed E-state index contributed by atoms with van der Waals surface area (Å²) < 4.78 is 26.3. The zero-order valence-corrected chi connectivity index (χ0v) is 13.1. The van der Waals surface area contributed by atoms with Crippen LogP contribution < -0.4 is 10.5 Å². The number of carbonyl (C=O) groups is 1. The van der Waals surface area contributed by atoms with Crippen molar-refractivity contribution in [1.82, 2.24) is 7.61 Å². The van der Waals surface area contributed by atoms with E-state index in [-0.39, 0.29) is 11.3 Å². The molecule has 0 unspecified atom stereocenters. The molecule has 0 aromatic rings. The molecule has 0 spiro atoms. The third kappa shape index (κ3) is 3.61. The summed E-state index contributed by atoms with van der Waals surface area (Å²) in [5.74, 6) is -0.715. The molecule has 1 amide bonds. The van der Waals surface area contributed by atoms with Crippen LogP contribution in [0.2, 0.25) is 0 Å². The molecule has 9 heteroatoms. The molecule has 88 valence electrons. The van der Waals surface area contributed by atoms with Gasteiger partial charge in [0.15, 0.2) is 0 Å². The molecule has 0 saturated heterocycles. The van der Waals surface area contributed by atoms with Crippen LogP contribution in [-0.4, -0.2) is 49.4 Å². The maximum atomic E-state index is 11.1. The van der Waals surface area contributed by atoms with E-state index in [1.807, 2.05) is 6.19 Å². The van der Waals surface area contributed by atoms with Crippen molar-refractivity contribution in [2.45, 2.75) is 0 Å². The average Bonchev–Trinajstić information content (AvgIpc) is 2.57. The number of hydrogen-bond acceptors (Lipinski definition) is 5. The Labute approximate surface area is 110 Å². The van der Waals surface area contributed by atoms with Gasteiger partial charge in [0.1, 0.15) is 0 Å². The van der Waals surface area contributed by atoms with Gasteiger partial charge in [0.05, 0.1) is 0 Å². The minimum absolute atomic E-state index is 0.0614. The zero-order valence-electron chi connectivity index (χ0n) is 8.97. The third-order valence-corrected chi connectivity index (χ3v) is 6.62. The number of hydrogen-bond donors (Lipinski definition) is 2. The van der Waals surface area contributed by atoms with Gasteiger partial charge in [-0.05, 0) is 0 Å². The van der Waals surface area contributed by atoms with E-state index in [4.69, 9.17) is 11.0 Å². The number of rotatable bonds is 4. The van der Waals surface area contributed by atoms with Crippen LogP contribution in [0.25, 0.3) is 0 Å². The second-order valence-corrected chi connectivity index (χ2v) is 9.03. The average molecular weight is 356 g/mol. The van der Waals surface area contributed by atoms with Crippen LogP contribution in [0.5, 0.6) is 0 Å². The Kier molecular flexibility index (Phi) is 4.00. The van der Waals surface area contributed by atoms with Crippen molar-refractivity contribution in [2.24, 2.45) is 5.73 Å². The number of allylic oxidation sites excluding steroid dienone is 1. The number of nitrogens with zero attached hydrogens (tertiary/aromatic N) is 2. The molecule has 1 rings (SSSR count). The van der Waals surface area contributed by atoms with E-state index in [1.54, 1.807) is 0 Å². The van der Waals surface area contributed by atoms with Crippen molar-refractivity contribution in [3.63, 3.8) is 0 Å². The van der Waals surface area contributed by atoms with Crippen molar-refractivity contribution in [3.8, 4) is 6.19 Å². The minimum atomic E-state index is -3.47. The Bertz CT molecular complexity index is 584. The second-order valence-electron chi connectivity index (χ2n) is 3.31. The maximum absolute atomic E-state index is 11.1. The number of nitrogens with two attached hydrogens (primary N) is 1. The molecule has 3 N–H and O–H groups in total. The standard InChI is InChI=1S/C8H10N4O3S.In/c1-6(8(10)13)3-7(4-11-5-9)12-16(2,14)15;/h4,9,12H,1H2,2H3,(H2,10,13);/q;+1/p-1. The van der Waals surface area contributed by atoms with Gasteiger partial charge >= 0.3 is 110 Å². The van der Waals surface area contributed by atoms with Crippen molar-refractivity contribution in [3.05, 3.63) is 24.0 Å². The first-order valence-corrected chi connectivity index (χ1v) is 9.35. The van der Waals surface area contributed by atoms with Gasteiger partial charge in [-0.3, -0.25) is 0 Å². The Morgan fingerprint density at radius 2 is 2.29 bits per heavy atom. The summed E-state index contributed by atoms with van der Waals surface area (Å²) in [4.78, 5) is 11.0. The van der Waals surface area contributed by atoms with Gasteiger partial charge in [-0.15, -0.1) is 0 Å². The van der Waals surface area contributed by atoms with Crippen LogP contribution in [0.1, 0.15) is 0 Å². The molecule has 17 heavy (non-hydrogen) atoms. The molecule has 1 aliphatic heterocycles. The summed E-state index contributed by atoms with van der Waals surface area (Å²) in [6.07, 6.45) is 4.25. The number of nitriles is 1. The van der Waals surface area contributed by atoms with Crippen LogP contribution in [0.4, 0.5) is 0 Å².